The van der Waals surface area contributed by atoms with Crippen LogP contribution in [0.2, 0.25) is 0 Å². The highest BCUT2D eigenvalue weighted by molar-refractivity contribution is 6.02. The Hall–Kier alpha value is -2.67. The van der Waals surface area contributed by atoms with Gasteiger partial charge in [0.05, 0.1) is 19.8 Å². The van der Waals surface area contributed by atoms with E-state index in [-0.39, 0.29) is 5.95 Å². The lowest BCUT2D eigenvalue weighted by Crippen LogP contribution is -2.40. The van der Waals surface area contributed by atoms with Gasteiger partial charge in [0, 0.05) is 30.5 Å². The Balaban J connectivity index is 1.59. The van der Waals surface area contributed by atoms with Crippen molar-refractivity contribution in [3.63, 3.8) is 0 Å². The third-order valence-electron chi connectivity index (χ3n) is 4.01. The number of anilines is 3. The number of nitrogen functional groups attached to an aromatic ring is 1. The van der Waals surface area contributed by atoms with Gasteiger partial charge in [-0.3, -0.25) is 4.99 Å². The number of nitrogens with one attached hydrogen (secondary N) is 1. The minimum absolute atomic E-state index is 0.256. The van der Waals surface area contributed by atoms with Gasteiger partial charge < -0.3 is 20.7 Å². The van der Waals surface area contributed by atoms with Crippen molar-refractivity contribution >= 4 is 23.3 Å². The Morgan fingerprint density at radius 1 is 1.17 bits per heavy atom. The zero-order valence-electron chi connectivity index (χ0n) is 12.7. The summed E-state index contributed by atoms with van der Waals surface area (Å²) in [5, 5.41) is 3.27. The van der Waals surface area contributed by atoms with Crippen molar-refractivity contribution in [3.05, 3.63) is 41.6 Å². The van der Waals surface area contributed by atoms with Gasteiger partial charge in [-0.15, -0.1) is 0 Å². The molecular formula is C16H18N6O. The van der Waals surface area contributed by atoms with E-state index >= 15 is 0 Å². The van der Waals surface area contributed by atoms with Crippen molar-refractivity contribution < 1.29 is 4.74 Å². The van der Waals surface area contributed by atoms with Crippen molar-refractivity contribution in [2.24, 2.45) is 4.99 Å². The molecule has 0 radical (unpaired) electrons. The topological polar surface area (TPSA) is 88.7 Å². The highest BCUT2D eigenvalue weighted by Gasteiger charge is 2.23. The summed E-state index contributed by atoms with van der Waals surface area (Å²) in [7, 11) is 0. The molecule has 1 aromatic carbocycles. The van der Waals surface area contributed by atoms with Crippen LogP contribution in [-0.2, 0) is 11.3 Å². The Kier molecular flexibility index (Phi) is 3.55. The zero-order valence-corrected chi connectivity index (χ0v) is 12.7. The number of benzene rings is 1. The van der Waals surface area contributed by atoms with E-state index in [4.69, 9.17) is 15.5 Å². The molecule has 0 aliphatic carbocycles. The standard InChI is InChI=1S/C16H18N6O/c17-16-18-4-3-14(21-16)20-12-2-1-11-10-19-15(13(11)9-12)22-5-7-23-8-6-22/h1-4,9H,5-8,10H2,(H3,17,18,20,21). The van der Waals surface area contributed by atoms with Crippen LogP contribution in [0.4, 0.5) is 17.5 Å². The van der Waals surface area contributed by atoms with Crippen LogP contribution in [0.5, 0.6) is 0 Å². The molecule has 0 amide bonds. The molecule has 1 saturated heterocycles. The second kappa shape index (κ2) is 5.85. The number of nitrogens with two attached hydrogens (primary N) is 1. The minimum atomic E-state index is 0.256. The summed E-state index contributed by atoms with van der Waals surface area (Å²) in [6.45, 7) is 4.03. The summed E-state index contributed by atoms with van der Waals surface area (Å²) in [6, 6.07) is 8.06. The first kappa shape index (κ1) is 14.0. The van der Waals surface area contributed by atoms with Crippen LogP contribution in [-0.4, -0.2) is 47.0 Å². The molecule has 2 aromatic rings. The van der Waals surface area contributed by atoms with Gasteiger partial charge in [0.15, 0.2) is 0 Å². The molecule has 0 atom stereocenters. The number of ether oxygens (including phenoxy) is 1. The molecule has 0 unspecified atom stereocenters. The molecule has 3 N–H and O–H groups in total. The molecule has 0 spiro atoms. The van der Waals surface area contributed by atoms with Crippen LogP contribution in [0.1, 0.15) is 11.1 Å². The summed E-state index contributed by atoms with van der Waals surface area (Å²) in [6.07, 6.45) is 1.64. The van der Waals surface area contributed by atoms with Gasteiger partial charge in [-0.05, 0) is 23.8 Å². The molecule has 7 heteroatoms. The van der Waals surface area contributed by atoms with Crippen LogP contribution in [0.25, 0.3) is 0 Å². The maximum atomic E-state index is 5.62. The number of hydrogen-bond acceptors (Lipinski definition) is 7. The lowest BCUT2D eigenvalue weighted by molar-refractivity contribution is 0.0683. The summed E-state index contributed by atoms with van der Waals surface area (Å²) < 4.78 is 5.43. The molecule has 1 aromatic heterocycles. The van der Waals surface area contributed by atoms with Crippen LogP contribution < -0.4 is 11.1 Å². The number of morpholine rings is 1. The van der Waals surface area contributed by atoms with Gasteiger partial charge in [0.25, 0.3) is 0 Å². The number of aliphatic imine (C=N–C) groups is 1. The smallest absolute Gasteiger partial charge is 0.221 e. The molecule has 0 saturated carbocycles. The number of amidine groups is 1. The molecule has 7 nitrogen and oxygen atoms in total. The number of fused-ring (bicyclic) bond motifs is 1. The van der Waals surface area contributed by atoms with Crippen molar-refractivity contribution in [2.75, 3.05) is 37.4 Å². The monoisotopic (exact) mass is 310 g/mol. The van der Waals surface area contributed by atoms with Gasteiger partial charge in [0.1, 0.15) is 11.7 Å². The van der Waals surface area contributed by atoms with Crippen molar-refractivity contribution in [1.82, 2.24) is 14.9 Å². The number of nitrogens with zero attached hydrogens (tertiary/aromatic N) is 4. The minimum Gasteiger partial charge on any atom is -0.378 e. The van der Waals surface area contributed by atoms with Gasteiger partial charge in [0.2, 0.25) is 5.95 Å². The number of aromatic nitrogens is 2. The molecule has 0 bridgehead atoms. The van der Waals surface area contributed by atoms with Crippen LogP contribution in [0.15, 0.2) is 35.5 Å². The van der Waals surface area contributed by atoms with Gasteiger partial charge >= 0.3 is 0 Å². The molecule has 23 heavy (non-hydrogen) atoms. The van der Waals surface area contributed by atoms with Crippen molar-refractivity contribution in [3.8, 4) is 0 Å². The van der Waals surface area contributed by atoms with Crippen LogP contribution in [0, 0.1) is 0 Å². The fourth-order valence-electron chi connectivity index (χ4n) is 2.88. The SMILES string of the molecule is Nc1nccc(Nc2ccc3c(c2)C(N2CCOCC2)=NC3)n1. The zero-order chi connectivity index (χ0) is 15.6. The third kappa shape index (κ3) is 2.83. The second-order valence-electron chi connectivity index (χ2n) is 5.54. The number of rotatable bonds is 2. The summed E-state index contributed by atoms with van der Waals surface area (Å²) in [4.78, 5) is 15.1. The average molecular weight is 310 g/mol. The normalized spacial score (nSPS) is 16.9. The fourth-order valence-corrected chi connectivity index (χ4v) is 2.88. The van der Waals surface area contributed by atoms with Gasteiger partial charge in [-0.2, -0.15) is 4.98 Å². The Morgan fingerprint density at radius 2 is 2.04 bits per heavy atom. The number of hydrogen-bond donors (Lipinski definition) is 2. The highest BCUT2D eigenvalue weighted by Crippen LogP contribution is 2.26. The third-order valence-corrected chi connectivity index (χ3v) is 4.01. The van der Waals surface area contributed by atoms with Gasteiger partial charge in [-0.1, -0.05) is 6.07 Å². The van der Waals surface area contributed by atoms with E-state index in [1.54, 1.807) is 12.3 Å². The first-order chi connectivity index (χ1) is 11.3. The molecule has 118 valence electrons. The predicted molar refractivity (Wildman–Crippen MR) is 88.8 cm³/mol. The van der Waals surface area contributed by atoms with E-state index in [0.717, 1.165) is 44.4 Å². The van der Waals surface area contributed by atoms with E-state index in [9.17, 15) is 0 Å². The molecule has 1 fully saturated rings. The van der Waals surface area contributed by atoms with E-state index in [2.05, 4.69) is 32.3 Å². The summed E-state index contributed by atoms with van der Waals surface area (Å²) in [5.41, 5.74) is 9.01. The first-order valence-corrected chi connectivity index (χ1v) is 7.65. The summed E-state index contributed by atoms with van der Waals surface area (Å²) >= 11 is 0. The van der Waals surface area contributed by atoms with Crippen LogP contribution >= 0.6 is 0 Å². The van der Waals surface area contributed by atoms with E-state index < -0.39 is 0 Å². The van der Waals surface area contributed by atoms with Crippen LogP contribution in [0.3, 0.4) is 0 Å². The molecule has 3 heterocycles. The van der Waals surface area contributed by atoms with Crippen molar-refractivity contribution in [2.45, 2.75) is 6.54 Å². The van der Waals surface area contributed by atoms with E-state index in [0.29, 0.717) is 5.82 Å². The molecular weight excluding hydrogens is 292 g/mol. The lowest BCUT2D eigenvalue weighted by atomic mass is 10.1. The Bertz CT molecular complexity index is 754. The molecule has 2 aliphatic heterocycles. The Labute approximate surface area is 134 Å². The second-order valence-corrected chi connectivity index (χ2v) is 5.54. The Morgan fingerprint density at radius 3 is 2.87 bits per heavy atom. The summed E-state index contributed by atoms with van der Waals surface area (Å²) in [5.74, 6) is 2.00. The largest absolute Gasteiger partial charge is 0.378 e. The fraction of sp³-hybridized carbons (Fsp3) is 0.312. The highest BCUT2D eigenvalue weighted by atomic mass is 16.5. The van der Waals surface area contributed by atoms with E-state index in [1.165, 1.54) is 11.1 Å². The quantitative estimate of drug-likeness (QED) is 0.871. The first-order valence-electron chi connectivity index (χ1n) is 7.65. The predicted octanol–water partition coefficient (Wildman–Crippen LogP) is 1.39. The van der Waals surface area contributed by atoms with Gasteiger partial charge in [-0.25, -0.2) is 4.98 Å². The lowest BCUT2D eigenvalue weighted by Gasteiger charge is -2.29. The maximum absolute atomic E-state index is 5.62. The van der Waals surface area contributed by atoms with E-state index in [1.807, 2.05) is 6.07 Å². The molecule has 2 aliphatic rings. The maximum Gasteiger partial charge on any atom is 0.221 e. The molecule has 4 rings (SSSR count). The average Bonchev–Trinajstić information content (AvgIpc) is 2.99. The van der Waals surface area contributed by atoms with Crippen molar-refractivity contribution in [1.29, 1.82) is 0 Å².